The van der Waals surface area contributed by atoms with Crippen LogP contribution in [0.3, 0.4) is 0 Å². The van der Waals surface area contributed by atoms with Crippen molar-refractivity contribution >= 4 is 58.1 Å². The van der Waals surface area contributed by atoms with Gasteiger partial charge in [-0.25, -0.2) is 37.5 Å². The Morgan fingerprint density at radius 3 is 1.35 bits per heavy atom. The Bertz CT molecular complexity index is 2960. The van der Waals surface area contributed by atoms with Gasteiger partial charge in [0.25, 0.3) is 0 Å². The summed E-state index contributed by atoms with van der Waals surface area (Å²) in [6, 6.07) is 18.4. The number of nitrogens with zero attached hydrogens (tertiary/aromatic N) is 8. The Hall–Kier alpha value is -7.44. The molecule has 0 spiro atoms. The minimum absolute atomic E-state index is 0.283. The van der Waals surface area contributed by atoms with Crippen LogP contribution < -0.4 is 30.7 Å². The molecule has 10 rings (SSSR count). The molecule has 0 amide bonds. The van der Waals surface area contributed by atoms with E-state index < -0.39 is 23.3 Å². The van der Waals surface area contributed by atoms with Crippen LogP contribution in [0.5, 0.6) is 11.5 Å². The lowest BCUT2D eigenvalue weighted by atomic mass is 9.96. The van der Waals surface area contributed by atoms with Gasteiger partial charge in [0.05, 0.1) is 37.0 Å². The van der Waals surface area contributed by atoms with Gasteiger partial charge in [0.2, 0.25) is 11.9 Å². The van der Waals surface area contributed by atoms with Crippen molar-refractivity contribution in [1.82, 2.24) is 39.0 Å². The fourth-order valence-corrected chi connectivity index (χ4v) is 8.98. The van der Waals surface area contributed by atoms with E-state index in [1.54, 1.807) is 62.5 Å². The summed E-state index contributed by atoms with van der Waals surface area (Å²) < 4.78 is 70.6. The largest absolute Gasteiger partial charge is 0.494 e. The van der Waals surface area contributed by atoms with Crippen LogP contribution in [0.4, 0.5) is 52.5 Å². The van der Waals surface area contributed by atoms with Crippen molar-refractivity contribution in [3.05, 3.63) is 165 Å². The van der Waals surface area contributed by atoms with E-state index in [1.807, 2.05) is 36.4 Å². The predicted octanol–water partition coefficient (Wildman–Crippen LogP) is 10.9. The zero-order chi connectivity index (χ0) is 47.6. The minimum atomic E-state index is -0.601. The minimum Gasteiger partial charge on any atom is -0.494 e. The molecule has 2 aliphatic rings. The molecule has 8 aromatic rings. The Balaban J connectivity index is 0.000000170. The Kier molecular flexibility index (Phi) is 13.1. The molecule has 0 unspecified atom stereocenters. The highest BCUT2D eigenvalue weighted by Crippen LogP contribution is 2.43. The van der Waals surface area contributed by atoms with Crippen LogP contribution in [-0.4, -0.2) is 67.4 Å². The van der Waals surface area contributed by atoms with Crippen molar-refractivity contribution in [2.75, 3.05) is 49.6 Å². The molecule has 0 saturated heterocycles. The van der Waals surface area contributed by atoms with Crippen LogP contribution >= 0.6 is 23.2 Å². The number of benzene rings is 4. The van der Waals surface area contributed by atoms with Crippen LogP contribution in [-0.2, 0) is 12.8 Å². The van der Waals surface area contributed by atoms with Gasteiger partial charge in [0, 0.05) is 85.1 Å². The van der Waals surface area contributed by atoms with E-state index in [-0.39, 0.29) is 11.8 Å². The third-order valence-corrected chi connectivity index (χ3v) is 12.2. The third kappa shape index (κ3) is 9.28. The van der Waals surface area contributed by atoms with Crippen molar-refractivity contribution in [3.63, 3.8) is 0 Å². The molecule has 14 nitrogen and oxygen atoms in total. The molecule has 4 heterocycles. The molecule has 0 aliphatic heterocycles. The molecule has 0 radical (unpaired) electrons. The number of nitrogens with one attached hydrogen (secondary N) is 4. The first-order chi connectivity index (χ1) is 32.9. The Labute approximate surface area is 397 Å². The Morgan fingerprint density at radius 1 is 0.574 bits per heavy atom. The first-order valence-electron chi connectivity index (χ1n) is 21.3. The number of hydrogen-bond acceptors (Lipinski definition) is 12. The number of fused-ring (bicyclic) bond motifs is 2. The second-order valence-electron chi connectivity index (χ2n) is 15.8. The lowest BCUT2D eigenvalue weighted by Gasteiger charge is -2.16. The van der Waals surface area contributed by atoms with Gasteiger partial charge >= 0.3 is 0 Å². The maximum Gasteiger partial charge on any atom is 0.229 e. The molecule has 4 N–H and O–H groups in total. The zero-order valence-electron chi connectivity index (χ0n) is 36.9. The topological polar surface area (TPSA) is 154 Å². The van der Waals surface area contributed by atoms with E-state index in [9.17, 15) is 17.6 Å². The van der Waals surface area contributed by atoms with Crippen LogP contribution in [0, 0.1) is 23.3 Å². The summed E-state index contributed by atoms with van der Waals surface area (Å²) >= 11 is 11.9. The number of imidazole rings is 2. The SMILES string of the molecule is CNc1nc(Nc2ccc(-n3cnc(Cl)c3)c(OC)c2)nc2c1CC[C@@H]2c1ccc(F)cc1F.CNc1nc(Nc2ccc(-n3cnc(Cl)c3)c(OC)c2)nc2c1CC[C@H]2c1ccc(F)cc1F. The number of hydrogen-bond donors (Lipinski definition) is 4. The van der Waals surface area contributed by atoms with Gasteiger partial charge in [0.15, 0.2) is 0 Å². The maximum absolute atomic E-state index is 14.5. The van der Waals surface area contributed by atoms with E-state index in [1.165, 1.54) is 24.3 Å². The highest BCUT2D eigenvalue weighted by Gasteiger charge is 2.33. The summed E-state index contributed by atoms with van der Waals surface area (Å²) in [5.41, 5.74) is 7.13. The zero-order valence-corrected chi connectivity index (χ0v) is 38.4. The molecule has 2 aliphatic carbocycles. The number of aromatic nitrogens is 8. The predicted molar refractivity (Wildman–Crippen MR) is 253 cm³/mol. The molecule has 0 bridgehead atoms. The monoisotopic (exact) mass is 964 g/mol. The fourth-order valence-electron chi connectivity index (χ4n) is 8.68. The van der Waals surface area contributed by atoms with Gasteiger partial charge in [-0.1, -0.05) is 35.3 Å². The average molecular weight is 966 g/mol. The van der Waals surface area contributed by atoms with Crippen molar-refractivity contribution in [2.45, 2.75) is 37.5 Å². The molecule has 2 atom stereocenters. The fraction of sp³-hybridized carbons (Fsp3) is 0.208. The lowest BCUT2D eigenvalue weighted by molar-refractivity contribution is 0.413. The van der Waals surface area contributed by atoms with Gasteiger partial charge in [-0.05, 0) is 73.2 Å². The normalized spacial score (nSPS) is 14.7. The third-order valence-electron chi connectivity index (χ3n) is 11.8. The summed E-state index contributed by atoms with van der Waals surface area (Å²) in [4.78, 5) is 26.7. The van der Waals surface area contributed by atoms with Gasteiger partial charge in [-0.2, -0.15) is 9.97 Å². The van der Waals surface area contributed by atoms with Crippen molar-refractivity contribution in [2.24, 2.45) is 0 Å². The molecular formula is C48H42Cl2F4N12O2. The molecule has 0 fully saturated rings. The highest BCUT2D eigenvalue weighted by atomic mass is 35.5. The van der Waals surface area contributed by atoms with Crippen LogP contribution in [0.2, 0.25) is 10.3 Å². The van der Waals surface area contributed by atoms with Gasteiger partial charge < -0.3 is 39.9 Å². The second kappa shape index (κ2) is 19.4. The number of ether oxygens (including phenoxy) is 2. The van der Waals surface area contributed by atoms with Crippen molar-refractivity contribution < 1.29 is 27.0 Å². The van der Waals surface area contributed by atoms with E-state index in [0.29, 0.717) is 93.5 Å². The van der Waals surface area contributed by atoms with Gasteiger partial charge in [-0.15, -0.1) is 0 Å². The standard InChI is InChI=1S/2C24H21ClF2N6O/c2*1-28-23-17-7-6-16(15-5-3-13(26)9-18(15)27)22(17)31-24(32-23)30-14-4-8-19(20(10-14)34-2)33-11-21(25)29-12-33/h2*3-5,8-12,16H,6-7H2,1-2H3,(H2,28,30,31,32)/t2*16-/m10/s1. The van der Waals surface area contributed by atoms with E-state index in [4.69, 9.17) is 42.6 Å². The number of halogens is 6. The molecular weight excluding hydrogens is 924 g/mol. The number of methoxy groups -OCH3 is 2. The molecule has 4 aromatic heterocycles. The molecule has 68 heavy (non-hydrogen) atoms. The first kappa shape index (κ1) is 45.7. The van der Waals surface area contributed by atoms with E-state index in [2.05, 4.69) is 41.2 Å². The van der Waals surface area contributed by atoms with Crippen LogP contribution in [0.15, 0.2) is 97.8 Å². The molecule has 348 valence electrons. The highest BCUT2D eigenvalue weighted by molar-refractivity contribution is 6.29. The van der Waals surface area contributed by atoms with E-state index in [0.717, 1.165) is 46.0 Å². The first-order valence-corrected chi connectivity index (χ1v) is 22.1. The van der Waals surface area contributed by atoms with Crippen molar-refractivity contribution in [3.8, 4) is 22.9 Å². The quantitative estimate of drug-likeness (QED) is 0.0862. The van der Waals surface area contributed by atoms with Gasteiger partial charge in [-0.3, -0.25) is 0 Å². The summed E-state index contributed by atoms with van der Waals surface area (Å²) in [5, 5.41) is 13.4. The molecule has 20 heteroatoms. The maximum atomic E-state index is 14.5. The van der Waals surface area contributed by atoms with Gasteiger partial charge in [0.1, 0.15) is 69.4 Å². The average Bonchev–Trinajstić information content (AvgIpc) is 4.16. The smallest absolute Gasteiger partial charge is 0.229 e. The number of anilines is 6. The lowest BCUT2D eigenvalue weighted by Crippen LogP contribution is -2.09. The summed E-state index contributed by atoms with van der Waals surface area (Å²) in [6.45, 7) is 0. The Morgan fingerprint density at radius 2 is 1.00 bits per heavy atom. The molecule has 4 aromatic carbocycles. The summed E-state index contributed by atoms with van der Waals surface area (Å²) in [7, 11) is 6.72. The van der Waals surface area contributed by atoms with Crippen LogP contribution in [0.25, 0.3) is 11.4 Å². The van der Waals surface area contributed by atoms with E-state index >= 15 is 0 Å². The molecule has 0 saturated carbocycles. The summed E-state index contributed by atoms with van der Waals surface area (Å²) in [5.74, 6) is 0.351. The van der Waals surface area contributed by atoms with Crippen molar-refractivity contribution in [1.29, 1.82) is 0 Å². The van der Waals surface area contributed by atoms with Crippen LogP contribution in [0.1, 0.15) is 58.3 Å². The number of rotatable bonds is 12. The second-order valence-corrected chi connectivity index (χ2v) is 16.5. The summed E-state index contributed by atoms with van der Waals surface area (Å²) in [6.07, 6.45) is 9.30.